The lowest BCUT2D eigenvalue weighted by atomic mass is 10.1. The molecule has 11 heteroatoms. The molecule has 8 nitrogen and oxygen atoms in total. The number of carbonyl (C=O) groups is 1. The number of hydrogen-bond donors (Lipinski definition) is 3. The minimum absolute atomic E-state index is 0.0798. The maximum absolute atomic E-state index is 13.0. The van der Waals surface area contributed by atoms with E-state index >= 15 is 0 Å². The molecule has 3 aromatic rings. The van der Waals surface area contributed by atoms with Crippen LogP contribution in [0.4, 0.5) is 15.8 Å². The quantitative estimate of drug-likeness (QED) is 0.461. The van der Waals surface area contributed by atoms with Crippen molar-refractivity contribution in [1.29, 1.82) is 0 Å². The van der Waals surface area contributed by atoms with Crippen LogP contribution in [0.5, 0.6) is 0 Å². The molecule has 0 aliphatic rings. The smallest absolute Gasteiger partial charge is 0.261 e. The largest absolute Gasteiger partial charge is 0.348 e. The van der Waals surface area contributed by atoms with Crippen molar-refractivity contribution in [3.05, 3.63) is 89.7 Å². The molecule has 0 saturated heterocycles. The Labute approximate surface area is 185 Å². The first-order chi connectivity index (χ1) is 15.0. The first-order valence-electron chi connectivity index (χ1n) is 9.26. The summed E-state index contributed by atoms with van der Waals surface area (Å²) < 4.78 is 65.4. The number of amides is 1. The number of sulfonamides is 2. The number of hydrogen-bond acceptors (Lipinski definition) is 5. The molecule has 0 unspecified atom stereocenters. The molecule has 0 aromatic heterocycles. The molecule has 0 atom stereocenters. The fourth-order valence-electron chi connectivity index (χ4n) is 2.77. The molecule has 0 spiro atoms. The highest BCUT2D eigenvalue weighted by molar-refractivity contribution is 7.92. The van der Waals surface area contributed by atoms with E-state index in [1.807, 2.05) is 0 Å². The highest BCUT2D eigenvalue weighted by Gasteiger charge is 2.15. The molecule has 32 heavy (non-hydrogen) atoms. The van der Waals surface area contributed by atoms with Crippen molar-refractivity contribution in [2.75, 3.05) is 15.7 Å². The Balaban J connectivity index is 1.65. The molecule has 0 aliphatic heterocycles. The molecular weight excluding hydrogens is 457 g/mol. The summed E-state index contributed by atoms with van der Waals surface area (Å²) in [5.74, 6) is -0.971. The number of halogens is 1. The van der Waals surface area contributed by atoms with Crippen molar-refractivity contribution in [2.45, 2.75) is 11.4 Å². The highest BCUT2D eigenvalue weighted by Crippen LogP contribution is 2.18. The Bertz CT molecular complexity index is 1320. The number of nitrogens with one attached hydrogen (secondary N) is 3. The van der Waals surface area contributed by atoms with Crippen LogP contribution in [0.15, 0.2) is 77.7 Å². The molecule has 0 aliphatic carbocycles. The predicted octanol–water partition coefficient (Wildman–Crippen LogP) is 2.93. The molecule has 0 fully saturated rings. The summed E-state index contributed by atoms with van der Waals surface area (Å²) in [5.41, 5.74) is 1.45. The van der Waals surface area contributed by atoms with Gasteiger partial charge in [0.15, 0.2) is 0 Å². The molecule has 0 bridgehead atoms. The molecule has 0 saturated carbocycles. The molecule has 3 N–H and O–H groups in total. The number of carbonyl (C=O) groups excluding carboxylic acids is 1. The van der Waals surface area contributed by atoms with E-state index in [2.05, 4.69) is 14.8 Å². The maximum atomic E-state index is 13.0. The third kappa shape index (κ3) is 6.28. The van der Waals surface area contributed by atoms with E-state index < -0.39 is 31.8 Å². The van der Waals surface area contributed by atoms with Gasteiger partial charge in [-0.25, -0.2) is 21.2 Å². The third-order valence-electron chi connectivity index (χ3n) is 4.28. The van der Waals surface area contributed by atoms with Crippen molar-refractivity contribution in [3.8, 4) is 0 Å². The second-order valence-electron chi connectivity index (χ2n) is 6.85. The predicted molar refractivity (Wildman–Crippen MR) is 120 cm³/mol. The average molecular weight is 478 g/mol. The third-order valence-corrected chi connectivity index (χ3v) is 6.26. The van der Waals surface area contributed by atoms with Gasteiger partial charge in [-0.05, 0) is 60.2 Å². The Morgan fingerprint density at radius 1 is 0.844 bits per heavy atom. The van der Waals surface area contributed by atoms with E-state index in [-0.39, 0.29) is 22.7 Å². The van der Waals surface area contributed by atoms with Gasteiger partial charge in [0.2, 0.25) is 10.0 Å². The number of rotatable bonds is 8. The zero-order valence-electron chi connectivity index (χ0n) is 16.9. The summed E-state index contributed by atoms with van der Waals surface area (Å²) in [6, 6.07) is 16.8. The van der Waals surface area contributed by atoms with E-state index in [1.165, 1.54) is 24.3 Å². The molecular formula is C21H20FN3O5S2. The normalized spacial score (nSPS) is 11.6. The van der Waals surface area contributed by atoms with Crippen molar-refractivity contribution < 1.29 is 26.0 Å². The van der Waals surface area contributed by atoms with E-state index in [0.717, 1.165) is 30.5 Å². The van der Waals surface area contributed by atoms with E-state index in [9.17, 15) is 26.0 Å². The Morgan fingerprint density at radius 2 is 1.47 bits per heavy atom. The van der Waals surface area contributed by atoms with Gasteiger partial charge in [-0.15, -0.1) is 0 Å². The van der Waals surface area contributed by atoms with Gasteiger partial charge in [-0.2, -0.15) is 0 Å². The van der Waals surface area contributed by atoms with E-state index in [1.54, 1.807) is 24.3 Å². The van der Waals surface area contributed by atoms with Gasteiger partial charge in [-0.3, -0.25) is 14.2 Å². The SMILES string of the molecule is CS(=O)(=O)Nc1ccccc1CNC(=O)c1ccc(NS(=O)(=O)c2ccc(F)cc2)cc1. The minimum Gasteiger partial charge on any atom is -0.348 e. The fourth-order valence-corrected chi connectivity index (χ4v) is 4.43. The summed E-state index contributed by atoms with van der Waals surface area (Å²) in [5, 5.41) is 2.69. The monoisotopic (exact) mass is 477 g/mol. The summed E-state index contributed by atoms with van der Waals surface area (Å²) >= 11 is 0. The van der Waals surface area contributed by atoms with Gasteiger partial charge in [-0.1, -0.05) is 18.2 Å². The average Bonchev–Trinajstić information content (AvgIpc) is 2.72. The zero-order chi connectivity index (χ0) is 23.4. The summed E-state index contributed by atoms with van der Waals surface area (Å²) in [4.78, 5) is 12.3. The topological polar surface area (TPSA) is 121 Å². The van der Waals surface area contributed by atoms with Crippen LogP contribution >= 0.6 is 0 Å². The lowest BCUT2D eigenvalue weighted by Gasteiger charge is -2.12. The lowest BCUT2D eigenvalue weighted by molar-refractivity contribution is 0.0951. The number of benzene rings is 3. The van der Waals surface area contributed by atoms with Gasteiger partial charge >= 0.3 is 0 Å². The van der Waals surface area contributed by atoms with Crippen LogP contribution < -0.4 is 14.8 Å². The molecule has 3 aromatic carbocycles. The molecule has 0 heterocycles. The van der Waals surface area contributed by atoms with Crippen LogP contribution in [0, 0.1) is 5.82 Å². The van der Waals surface area contributed by atoms with Gasteiger partial charge in [0.25, 0.3) is 15.9 Å². The fraction of sp³-hybridized carbons (Fsp3) is 0.0952. The second-order valence-corrected chi connectivity index (χ2v) is 10.3. The van der Waals surface area contributed by atoms with Crippen molar-refractivity contribution in [1.82, 2.24) is 5.32 Å². The van der Waals surface area contributed by atoms with Gasteiger partial charge in [0, 0.05) is 17.8 Å². The molecule has 168 valence electrons. The van der Waals surface area contributed by atoms with Gasteiger partial charge < -0.3 is 5.32 Å². The maximum Gasteiger partial charge on any atom is 0.261 e. The van der Waals surface area contributed by atoms with Crippen molar-refractivity contribution in [3.63, 3.8) is 0 Å². The minimum atomic E-state index is -3.90. The Hall–Kier alpha value is -3.44. The van der Waals surface area contributed by atoms with Crippen LogP contribution in [0.1, 0.15) is 15.9 Å². The van der Waals surface area contributed by atoms with Crippen LogP contribution in [0.3, 0.4) is 0 Å². The Kier molecular flexibility index (Phi) is 6.80. The van der Waals surface area contributed by atoms with E-state index in [4.69, 9.17) is 0 Å². The summed E-state index contributed by atoms with van der Waals surface area (Å²) in [6.45, 7) is 0.0798. The van der Waals surface area contributed by atoms with Crippen LogP contribution in [-0.2, 0) is 26.6 Å². The van der Waals surface area contributed by atoms with Gasteiger partial charge in [0.05, 0.1) is 16.8 Å². The number of anilines is 2. The van der Waals surface area contributed by atoms with Crippen LogP contribution in [0.25, 0.3) is 0 Å². The summed E-state index contributed by atoms with van der Waals surface area (Å²) in [6.07, 6.45) is 1.04. The van der Waals surface area contributed by atoms with Crippen LogP contribution in [-0.4, -0.2) is 29.0 Å². The highest BCUT2D eigenvalue weighted by atomic mass is 32.2. The second kappa shape index (κ2) is 9.37. The first kappa shape index (κ1) is 23.2. The molecule has 0 radical (unpaired) electrons. The first-order valence-corrected chi connectivity index (χ1v) is 12.6. The van der Waals surface area contributed by atoms with Gasteiger partial charge in [0.1, 0.15) is 5.82 Å². The standard InChI is InChI=1S/C21H20FN3O5S2/c1-31(27,28)25-20-5-3-2-4-16(20)14-23-21(26)15-6-10-18(11-7-15)24-32(29,30)19-12-8-17(22)9-13-19/h2-13,24-25H,14H2,1H3,(H,23,26). The lowest BCUT2D eigenvalue weighted by Crippen LogP contribution is -2.23. The molecule has 3 rings (SSSR count). The van der Waals surface area contributed by atoms with E-state index in [0.29, 0.717) is 11.3 Å². The Morgan fingerprint density at radius 3 is 2.09 bits per heavy atom. The van der Waals surface area contributed by atoms with Crippen molar-refractivity contribution >= 4 is 37.3 Å². The van der Waals surface area contributed by atoms with Crippen LogP contribution in [0.2, 0.25) is 0 Å². The summed E-state index contributed by atoms with van der Waals surface area (Å²) in [7, 11) is -7.37. The number of para-hydroxylation sites is 1. The van der Waals surface area contributed by atoms with Crippen molar-refractivity contribution in [2.24, 2.45) is 0 Å². The zero-order valence-corrected chi connectivity index (χ0v) is 18.5. The molecule has 1 amide bonds.